The Morgan fingerprint density at radius 2 is 1.78 bits per heavy atom. The van der Waals surface area contributed by atoms with E-state index in [2.05, 4.69) is 9.88 Å². The topological polar surface area (TPSA) is 119 Å². The van der Waals surface area contributed by atoms with Crippen LogP contribution in [-0.4, -0.2) is 100 Å². The Kier molecular flexibility index (Phi) is 8.00. The molecule has 0 aliphatic carbocycles. The standard InChI is InChI=1S/C25H32N4O7S/c1-27-9-5-10-28(13-12-27)37(32,33)21-16-19-17(14-20(21)34-2)7-11-29(23(19)25(31)36-4)24(30)18-6-8-26-22(15-18)35-3/h6,8,14-16,23H,5,7,9-13H2,1-4H3. The summed E-state index contributed by atoms with van der Waals surface area (Å²) in [6.45, 7) is 2.35. The Morgan fingerprint density at radius 3 is 2.49 bits per heavy atom. The molecule has 0 saturated carbocycles. The molecule has 1 aromatic carbocycles. The van der Waals surface area contributed by atoms with Crippen molar-refractivity contribution in [2.45, 2.75) is 23.8 Å². The van der Waals surface area contributed by atoms with E-state index < -0.39 is 27.9 Å². The van der Waals surface area contributed by atoms with E-state index in [1.165, 1.54) is 54.9 Å². The SMILES string of the molecule is COC(=O)C1c2cc(S(=O)(=O)N3CCCN(C)CC3)c(OC)cc2CCN1C(=O)c1ccnc(OC)c1. The number of nitrogens with zero attached hydrogens (tertiary/aromatic N) is 4. The van der Waals surface area contributed by atoms with Gasteiger partial charge in [0, 0.05) is 44.0 Å². The first-order valence-electron chi connectivity index (χ1n) is 12.0. The van der Waals surface area contributed by atoms with Gasteiger partial charge in [-0.15, -0.1) is 0 Å². The molecular formula is C25H32N4O7S. The molecule has 0 radical (unpaired) electrons. The minimum absolute atomic E-state index is 0.0351. The number of hydrogen-bond acceptors (Lipinski definition) is 9. The van der Waals surface area contributed by atoms with E-state index in [9.17, 15) is 18.0 Å². The monoisotopic (exact) mass is 532 g/mol. The largest absolute Gasteiger partial charge is 0.495 e. The number of aromatic nitrogens is 1. The Morgan fingerprint density at radius 1 is 1.00 bits per heavy atom. The Hall–Kier alpha value is -3.22. The highest BCUT2D eigenvalue weighted by atomic mass is 32.2. The molecule has 11 nitrogen and oxygen atoms in total. The lowest BCUT2D eigenvalue weighted by molar-refractivity contribution is -0.146. The number of esters is 1. The zero-order valence-corrected chi connectivity index (χ0v) is 22.3. The molecule has 1 amide bonds. The number of methoxy groups -OCH3 is 3. The van der Waals surface area contributed by atoms with E-state index in [-0.39, 0.29) is 23.1 Å². The number of pyridine rings is 1. The number of carbonyl (C=O) groups is 2. The first-order chi connectivity index (χ1) is 17.7. The fourth-order valence-corrected chi connectivity index (χ4v) is 6.44. The lowest BCUT2D eigenvalue weighted by Gasteiger charge is -2.36. The van der Waals surface area contributed by atoms with E-state index in [0.29, 0.717) is 43.6 Å². The third-order valence-corrected chi connectivity index (χ3v) is 8.75. The summed E-state index contributed by atoms with van der Waals surface area (Å²) in [5.41, 5.74) is 1.41. The van der Waals surface area contributed by atoms with Gasteiger partial charge in [-0.2, -0.15) is 4.31 Å². The van der Waals surface area contributed by atoms with Gasteiger partial charge in [0.25, 0.3) is 5.91 Å². The summed E-state index contributed by atoms with van der Waals surface area (Å²) in [6.07, 6.45) is 2.55. The molecule has 4 rings (SSSR count). The molecule has 1 atom stereocenters. The molecule has 1 unspecified atom stereocenters. The fourth-order valence-electron chi connectivity index (χ4n) is 4.79. The Balaban J connectivity index is 1.79. The molecule has 1 saturated heterocycles. The van der Waals surface area contributed by atoms with Crippen LogP contribution in [0.2, 0.25) is 0 Å². The van der Waals surface area contributed by atoms with Gasteiger partial charge >= 0.3 is 5.97 Å². The maximum absolute atomic E-state index is 13.8. The van der Waals surface area contributed by atoms with Crippen LogP contribution in [0.5, 0.6) is 11.6 Å². The van der Waals surface area contributed by atoms with Gasteiger partial charge in [-0.3, -0.25) is 4.79 Å². The summed E-state index contributed by atoms with van der Waals surface area (Å²) in [5, 5.41) is 0. The van der Waals surface area contributed by atoms with E-state index >= 15 is 0 Å². The smallest absolute Gasteiger partial charge is 0.333 e. The number of rotatable bonds is 6. The van der Waals surface area contributed by atoms with E-state index in [1.54, 1.807) is 6.07 Å². The predicted octanol–water partition coefficient (Wildman–Crippen LogP) is 1.34. The number of hydrogen-bond donors (Lipinski definition) is 0. The van der Waals surface area contributed by atoms with Crippen molar-refractivity contribution in [2.75, 3.05) is 61.1 Å². The Bertz CT molecular complexity index is 1280. The van der Waals surface area contributed by atoms with Crippen LogP contribution in [0, 0.1) is 0 Å². The summed E-state index contributed by atoms with van der Waals surface area (Å²) >= 11 is 0. The fraction of sp³-hybridized carbons (Fsp3) is 0.480. The van der Waals surface area contributed by atoms with Gasteiger partial charge < -0.3 is 24.0 Å². The van der Waals surface area contributed by atoms with Gasteiger partial charge in [0.05, 0.1) is 21.3 Å². The third-order valence-electron chi connectivity index (χ3n) is 6.83. The molecule has 200 valence electrons. The van der Waals surface area contributed by atoms with Crippen LogP contribution in [0.25, 0.3) is 0 Å². The molecule has 3 heterocycles. The molecular weight excluding hydrogens is 500 g/mol. The number of likely N-dealkylation sites (N-methyl/N-ethyl adjacent to an activating group) is 1. The first kappa shape index (κ1) is 26.8. The summed E-state index contributed by atoms with van der Waals surface area (Å²) in [4.78, 5) is 34.0. The molecule has 1 aromatic heterocycles. The molecule has 2 aromatic rings. The molecule has 37 heavy (non-hydrogen) atoms. The molecule has 12 heteroatoms. The highest BCUT2D eigenvalue weighted by Gasteiger charge is 2.40. The van der Waals surface area contributed by atoms with Crippen molar-refractivity contribution < 1.29 is 32.2 Å². The second-order valence-corrected chi connectivity index (χ2v) is 10.9. The average Bonchev–Trinajstić information content (AvgIpc) is 3.15. The predicted molar refractivity (Wildman–Crippen MR) is 134 cm³/mol. The van der Waals surface area contributed by atoms with Gasteiger partial charge in [0.15, 0.2) is 6.04 Å². The Labute approximate surface area is 217 Å². The summed E-state index contributed by atoms with van der Waals surface area (Å²) in [5.74, 6) is -0.615. The van der Waals surface area contributed by atoms with Crippen molar-refractivity contribution in [3.8, 4) is 11.6 Å². The quantitative estimate of drug-likeness (QED) is 0.508. The highest BCUT2D eigenvalue weighted by molar-refractivity contribution is 7.89. The molecule has 1 fully saturated rings. The molecule has 0 bridgehead atoms. The zero-order valence-electron chi connectivity index (χ0n) is 21.5. The second-order valence-electron chi connectivity index (χ2n) is 9.02. The molecule has 2 aliphatic rings. The lowest BCUT2D eigenvalue weighted by atomic mass is 9.91. The van der Waals surface area contributed by atoms with Crippen molar-refractivity contribution in [1.82, 2.24) is 19.1 Å². The lowest BCUT2D eigenvalue weighted by Crippen LogP contribution is -2.44. The van der Waals surface area contributed by atoms with Gasteiger partial charge in [0.1, 0.15) is 10.6 Å². The van der Waals surface area contributed by atoms with E-state index in [1.807, 2.05) is 7.05 Å². The number of ether oxygens (including phenoxy) is 3. The van der Waals surface area contributed by atoms with Crippen LogP contribution in [0.1, 0.15) is 33.9 Å². The number of amides is 1. The zero-order chi connectivity index (χ0) is 26.7. The number of benzene rings is 1. The minimum Gasteiger partial charge on any atom is -0.495 e. The van der Waals surface area contributed by atoms with Gasteiger partial charge in [0.2, 0.25) is 15.9 Å². The van der Waals surface area contributed by atoms with Crippen molar-refractivity contribution in [2.24, 2.45) is 0 Å². The van der Waals surface area contributed by atoms with Crippen LogP contribution >= 0.6 is 0 Å². The maximum atomic E-state index is 13.8. The van der Waals surface area contributed by atoms with Crippen LogP contribution in [0.4, 0.5) is 0 Å². The van der Waals surface area contributed by atoms with Crippen molar-refractivity contribution >= 4 is 21.9 Å². The van der Waals surface area contributed by atoms with Crippen molar-refractivity contribution in [1.29, 1.82) is 0 Å². The summed E-state index contributed by atoms with van der Waals surface area (Å²) in [6, 6.07) is 5.02. The molecule has 0 spiro atoms. The highest BCUT2D eigenvalue weighted by Crippen LogP contribution is 2.39. The second kappa shape index (κ2) is 11.0. The molecule has 2 aliphatic heterocycles. The number of carbonyl (C=O) groups excluding carboxylic acids is 2. The third kappa shape index (κ3) is 5.27. The average molecular weight is 533 g/mol. The van der Waals surface area contributed by atoms with Crippen LogP contribution < -0.4 is 9.47 Å². The number of sulfonamides is 1. The van der Waals surface area contributed by atoms with Crippen molar-refractivity contribution in [3.63, 3.8) is 0 Å². The summed E-state index contributed by atoms with van der Waals surface area (Å²) < 4.78 is 44.7. The van der Waals surface area contributed by atoms with Crippen LogP contribution in [-0.2, 0) is 26.0 Å². The van der Waals surface area contributed by atoms with Crippen LogP contribution in [0.15, 0.2) is 35.4 Å². The van der Waals surface area contributed by atoms with Gasteiger partial charge in [-0.25, -0.2) is 18.2 Å². The van der Waals surface area contributed by atoms with Crippen molar-refractivity contribution in [3.05, 3.63) is 47.2 Å². The first-order valence-corrected chi connectivity index (χ1v) is 13.4. The van der Waals surface area contributed by atoms with Gasteiger partial charge in [-0.1, -0.05) is 0 Å². The van der Waals surface area contributed by atoms with E-state index in [4.69, 9.17) is 14.2 Å². The summed E-state index contributed by atoms with van der Waals surface area (Å²) in [7, 11) is 2.13. The normalized spacial score (nSPS) is 19.0. The van der Waals surface area contributed by atoms with Crippen LogP contribution in [0.3, 0.4) is 0 Å². The van der Waals surface area contributed by atoms with E-state index in [0.717, 1.165) is 12.1 Å². The molecule has 0 N–H and O–H groups in total. The maximum Gasteiger partial charge on any atom is 0.333 e. The number of fused-ring (bicyclic) bond motifs is 1. The minimum atomic E-state index is -3.94. The van der Waals surface area contributed by atoms with Gasteiger partial charge in [-0.05, 0) is 55.8 Å².